The smallest absolute Gasteiger partial charge is 0.258 e. The molecular formula is C13H18FN3O. The predicted molar refractivity (Wildman–Crippen MR) is 66.8 cm³/mol. The topological polar surface area (TPSA) is 36.4 Å². The molecule has 1 unspecified atom stereocenters. The Morgan fingerprint density at radius 2 is 2.33 bits per heavy atom. The van der Waals surface area contributed by atoms with Gasteiger partial charge in [0.25, 0.3) is 5.91 Å². The molecule has 5 heteroatoms. The Bertz CT molecular complexity index is 436. The van der Waals surface area contributed by atoms with Crippen LogP contribution in [0.1, 0.15) is 23.2 Å². The molecule has 18 heavy (non-hydrogen) atoms. The Morgan fingerprint density at radius 3 is 3.00 bits per heavy atom. The summed E-state index contributed by atoms with van der Waals surface area (Å²) in [7, 11) is 4.01. The molecule has 1 aliphatic heterocycles. The summed E-state index contributed by atoms with van der Waals surface area (Å²) in [5, 5.41) is 0. The van der Waals surface area contributed by atoms with Gasteiger partial charge in [-0.25, -0.2) is 4.98 Å². The van der Waals surface area contributed by atoms with Crippen LogP contribution in [-0.2, 0) is 0 Å². The van der Waals surface area contributed by atoms with Gasteiger partial charge in [0, 0.05) is 25.3 Å². The van der Waals surface area contributed by atoms with E-state index in [0.717, 1.165) is 12.8 Å². The Labute approximate surface area is 106 Å². The SMILES string of the molecule is CN(C)C1CCCN(C(=O)c2cccnc2F)C1. The summed E-state index contributed by atoms with van der Waals surface area (Å²) in [4.78, 5) is 19.6. The summed E-state index contributed by atoms with van der Waals surface area (Å²) in [5.74, 6) is -0.943. The zero-order valence-corrected chi connectivity index (χ0v) is 10.8. The molecule has 1 aromatic heterocycles. The first kappa shape index (κ1) is 13.0. The molecule has 1 atom stereocenters. The lowest BCUT2D eigenvalue weighted by molar-refractivity contribution is 0.0629. The van der Waals surface area contributed by atoms with Crippen LogP contribution in [0, 0.1) is 5.95 Å². The van der Waals surface area contributed by atoms with E-state index < -0.39 is 5.95 Å². The van der Waals surface area contributed by atoms with Crippen molar-refractivity contribution in [3.05, 3.63) is 29.8 Å². The molecule has 0 aromatic carbocycles. The number of amides is 1. The van der Waals surface area contributed by atoms with Crippen molar-refractivity contribution in [2.45, 2.75) is 18.9 Å². The number of carbonyl (C=O) groups excluding carboxylic acids is 1. The number of carbonyl (C=O) groups is 1. The van der Waals surface area contributed by atoms with Gasteiger partial charge in [0.1, 0.15) is 0 Å². The minimum atomic E-state index is -0.686. The van der Waals surface area contributed by atoms with E-state index in [-0.39, 0.29) is 11.5 Å². The zero-order valence-electron chi connectivity index (χ0n) is 10.8. The predicted octanol–water partition coefficient (Wildman–Crippen LogP) is 1.39. The number of likely N-dealkylation sites (N-methyl/N-ethyl adjacent to an activating group) is 1. The van der Waals surface area contributed by atoms with E-state index in [1.807, 2.05) is 14.1 Å². The van der Waals surface area contributed by atoms with Gasteiger partial charge in [-0.05, 0) is 39.1 Å². The van der Waals surface area contributed by atoms with Gasteiger partial charge in [0.15, 0.2) is 0 Å². The van der Waals surface area contributed by atoms with Crippen molar-refractivity contribution >= 4 is 5.91 Å². The average molecular weight is 251 g/mol. The van der Waals surface area contributed by atoms with E-state index in [0.29, 0.717) is 19.1 Å². The van der Waals surface area contributed by atoms with Crippen LogP contribution in [0.5, 0.6) is 0 Å². The molecule has 1 aromatic rings. The first-order valence-corrected chi connectivity index (χ1v) is 6.16. The molecule has 0 spiro atoms. The third-order valence-electron chi connectivity index (χ3n) is 3.40. The largest absolute Gasteiger partial charge is 0.337 e. The Hall–Kier alpha value is -1.49. The molecule has 0 aliphatic carbocycles. The molecule has 98 valence electrons. The van der Waals surface area contributed by atoms with E-state index in [2.05, 4.69) is 9.88 Å². The van der Waals surface area contributed by atoms with E-state index >= 15 is 0 Å². The van der Waals surface area contributed by atoms with Crippen molar-refractivity contribution in [2.24, 2.45) is 0 Å². The number of aromatic nitrogens is 1. The van der Waals surface area contributed by atoms with E-state index in [9.17, 15) is 9.18 Å². The second kappa shape index (κ2) is 5.44. The summed E-state index contributed by atoms with van der Waals surface area (Å²) >= 11 is 0. The fourth-order valence-electron chi connectivity index (χ4n) is 2.28. The van der Waals surface area contributed by atoms with Crippen molar-refractivity contribution in [3.8, 4) is 0 Å². The van der Waals surface area contributed by atoms with Crippen LogP contribution >= 0.6 is 0 Å². The number of rotatable bonds is 2. The lowest BCUT2D eigenvalue weighted by atomic mass is 10.0. The molecule has 2 rings (SSSR count). The van der Waals surface area contributed by atoms with Gasteiger partial charge >= 0.3 is 0 Å². The summed E-state index contributed by atoms with van der Waals surface area (Å²) in [6.45, 7) is 1.34. The van der Waals surface area contributed by atoms with Crippen molar-refractivity contribution in [3.63, 3.8) is 0 Å². The van der Waals surface area contributed by atoms with Gasteiger partial charge in [-0.3, -0.25) is 4.79 Å². The van der Waals surface area contributed by atoms with Crippen LogP contribution in [0.15, 0.2) is 18.3 Å². The maximum Gasteiger partial charge on any atom is 0.258 e. The van der Waals surface area contributed by atoms with Crippen LogP contribution < -0.4 is 0 Å². The average Bonchev–Trinajstić information content (AvgIpc) is 2.38. The molecule has 1 amide bonds. The highest BCUT2D eigenvalue weighted by Crippen LogP contribution is 2.17. The van der Waals surface area contributed by atoms with Gasteiger partial charge in [0.2, 0.25) is 5.95 Å². The zero-order chi connectivity index (χ0) is 13.1. The summed E-state index contributed by atoms with van der Waals surface area (Å²) < 4.78 is 13.5. The lowest BCUT2D eigenvalue weighted by Gasteiger charge is -2.36. The first-order chi connectivity index (χ1) is 8.59. The van der Waals surface area contributed by atoms with E-state index in [4.69, 9.17) is 0 Å². The van der Waals surface area contributed by atoms with E-state index in [1.54, 1.807) is 11.0 Å². The molecule has 0 bridgehead atoms. The van der Waals surface area contributed by atoms with Crippen molar-refractivity contribution in [1.29, 1.82) is 0 Å². The first-order valence-electron chi connectivity index (χ1n) is 6.16. The van der Waals surface area contributed by atoms with Crippen molar-refractivity contribution in [1.82, 2.24) is 14.8 Å². The van der Waals surface area contributed by atoms with E-state index in [1.165, 1.54) is 12.3 Å². The van der Waals surface area contributed by atoms with Crippen LogP contribution in [0.2, 0.25) is 0 Å². The normalized spacial score (nSPS) is 20.2. The minimum Gasteiger partial charge on any atom is -0.337 e. The molecule has 0 saturated carbocycles. The number of nitrogens with zero attached hydrogens (tertiary/aromatic N) is 3. The third kappa shape index (κ3) is 2.67. The fourth-order valence-corrected chi connectivity index (χ4v) is 2.28. The number of hydrogen-bond donors (Lipinski definition) is 0. The van der Waals surface area contributed by atoms with Crippen LogP contribution in [-0.4, -0.2) is 53.9 Å². The van der Waals surface area contributed by atoms with Gasteiger partial charge in [-0.15, -0.1) is 0 Å². The molecular weight excluding hydrogens is 233 g/mol. The third-order valence-corrected chi connectivity index (χ3v) is 3.40. The van der Waals surface area contributed by atoms with Crippen LogP contribution in [0.4, 0.5) is 4.39 Å². The maximum absolute atomic E-state index is 13.5. The quantitative estimate of drug-likeness (QED) is 0.745. The standard InChI is InChI=1S/C13H18FN3O/c1-16(2)10-5-4-8-17(9-10)13(18)11-6-3-7-15-12(11)14/h3,6-7,10H,4-5,8-9H2,1-2H3. The second-order valence-electron chi connectivity index (χ2n) is 4.85. The molecule has 2 heterocycles. The maximum atomic E-state index is 13.5. The lowest BCUT2D eigenvalue weighted by Crippen LogP contribution is -2.47. The Balaban J connectivity index is 2.12. The Kier molecular flexibility index (Phi) is 3.91. The molecule has 0 N–H and O–H groups in total. The number of halogens is 1. The number of pyridine rings is 1. The molecule has 4 nitrogen and oxygen atoms in total. The Morgan fingerprint density at radius 1 is 1.56 bits per heavy atom. The molecule has 1 aliphatic rings. The number of piperidine rings is 1. The number of hydrogen-bond acceptors (Lipinski definition) is 3. The highest BCUT2D eigenvalue weighted by molar-refractivity contribution is 5.94. The van der Waals surface area contributed by atoms with Gasteiger partial charge in [0.05, 0.1) is 5.56 Å². The fraction of sp³-hybridized carbons (Fsp3) is 0.538. The van der Waals surface area contributed by atoms with Crippen molar-refractivity contribution in [2.75, 3.05) is 27.2 Å². The van der Waals surface area contributed by atoms with Gasteiger partial charge < -0.3 is 9.80 Å². The van der Waals surface area contributed by atoms with Gasteiger partial charge in [-0.2, -0.15) is 4.39 Å². The summed E-state index contributed by atoms with van der Waals surface area (Å²) in [6, 6.07) is 3.43. The molecule has 1 saturated heterocycles. The molecule has 0 radical (unpaired) electrons. The molecule has 1 fully saturated rings. The van der Waals surface area contributed by atoms with Crippen LogP contribution in [0.3, 0.4) is 0 Å². The summed E-state index contributed by atoms with van der Waals surface area (Å²) in [6.07, 6.45) is 3.38. The second-order valence-corrected chi connectivity index (χ2v) is 4.85. The number of likely N-dealkylation sites (tertiary alicyclic amines) is 1. The summed E-state index contributed by atoms with van der Waals surface area (Å²) in [5.41, 5.74) is 0.0666. The van der Waals surface area contributed by atoms with Crippen molar-refractivity contribution < 1.29 is 9.18 Å². The highest BCUT2D eigenvalue weighted by atomic mass is 19.1. The highest BCUT2D eigenvalue weighted by Gasteiger charge is 2.27. The van der Waals surface area contributed by atoms with Gasteiger partial charge in [-0.1, -0.05) is 0 Å². The van der Waals surface area contributed by atoms with Crippen LogP contribution in [0.25, 0.3) is 0 Å². The monoisotopic (exact) mass is 251 g/mol. The minimum absolute atomic E-state index is 0.0666.